The van der Waals surface area contributed by atoms with Gasteiger partial charge in [0.2, 0.25) is 0 Å². The molecule has 31 heavy (non-hydrogen) atoms. The van der Waals surface area contributed by atoms with E-state index >= 15 is 0 Å². The van der Waals surface area contributed by atoms with Gasteiger partial charge in [0.25, 0.3) is 5.91 Å². The normalized spacial score (nSPS) is 14.7. The number of nitrogens with zero attached hydrogens (tertiary/aromatic N) is 4. The summed E-state index contributed by atoms with van der Waals surface area (Å²) in [7, 11) is 0. The Morgan fingerprint density at radius 3 is 2.48 bits per heavy atom. The van der Waals surface area contributed by atoms with Crippen LogP contribution in [0.5, 0.6) is 0 Å². The van der Waals surface area contributed by atoms with Crippen LogP contribution in [0.3, 0.4) is 0 Å². The van der Waals surface area contributed by atoms with Gasteiger partial charge in [-0.3, -0.25) is 9.36 Å². The molecular weight excluding hydrogens is 419 g/mol. The van der Waals surface area contributed by atoms with Crippen molar-refractivity contribution >= 4 is 17.5 Å². The minimum Gasteiger partial charge on any atom is -0.338 e. The van der Waals surface area contributed by atoms with Crippen molar-refractivity contribution < 1.29 is 9.18 Å². The van der Waals surface area contributed by atoms with Crippen molar-refractivity contribution in [2.24, 2.45) is 0 Å². The number of hydrogen-bond donors (Lipinski definition) is 0. The quantitative estimate of drug-likeness (QED) is 0.601. The van der Waals surface area contributed by atoms with Crippen LogP contribution in [-0.4, -0.2) is 38.2 Å². The van der Waals surface area contributed by atoms with Crippen LogP contribution < -0.4 is 5.69 Å². The average molecular weight is 443 g/mol. The van der Waals surface area contributed by atoms with Gasteiger partial charge >= 0.3 is 5.69 Å². The molecule has 0 radical (unpaired) electrons. The maximum absolute atomic E-state index is 14.1. The summed E-state index contributed by atoms with van der Waals surface area (Å²) in [6.07, 6.45) is 1.30. The number of aromatic nitrogens is 3. The third-order valence-corrected chi connectivity index (χ3v) is 6.08. The van der Waals surface area contributed by atoms with Gasteiger partial charge in [0.15, 0.2) is 0 Å². The second-order valence-corrected chi connectivity index (χ2v) is 8.10. The first kappa shape index (κ1) is 21.3. The monoisotopic (exact) mass is 442 g/mol. The molecule has 6 nitrogen and oxygen atoms in total. The summed E-state index contributed by atoms with van der Waals surface area (Å²) in [6, 6.07) is 14.0. The second-order valence-electron chi connectivity index (χ2n) is 7.69. The van der Waals surface area contributed by atoms with Gasteiger partial charge in [0.1, 0.15) is 11.6 Å². The Kier molecular flexibility index (Phi) is 6.23. The van der Waals surface area contributed by atoms with Gasteiger partial charge in [-0.1, -0.05) is 48.0 Å². The first-order valence-electron chi connectivity index (χ1n) is 10.4. The lowest BCUT2D eigenvalue weighted by atomic mass is 9.95. The molecule has 0 atom stereocenters. The van der Waals surface area contributed by atoms with E-state index in [1.807, 2.05) is 37.3 Å². The third-order valence-electron chi connectivity index (χ3n) is 5.77. The molecule has 2 heterocycles. The summed E-state index contributed by atoms with van der Waals surface area (Å²) >= 11 is 6.06. The Morgan fingerprint density at radius 2 is 1.84 bits per heavy atom. The molecule has 1 aliphatic rings. The molecule has 3 aromatic rings. The molecule has 8 heteroatoms. The van der Waals surface area contributed by atoms with E-state index in [1.54, 1.807) is 9.47 Å². The average Bonchev–Trinajstić information content (AvgIpc) is 3.09. The minimum absolute atomic E-state index is 0.0600. The largest absolute Gasteiger partial charge is 0.346 e. The van der Waals surface area contributed by atoms with Crippen LogP contribution in [0.25, 0.3) is 0 Å². The Labute approximate surface area is 184 Å². The van der Waals surface area contributed by atoms with E-state index in [-0.39, 0.29) is 22.2 Å². The fraction of sp³-hybridized carbons (Fsp3) is 0.348. The lowest BCUT2D eigenvalue weighted by molar-refractivity contribution is 0.0705. The first-order chi connectivity index (χ1) is 15.0. The molecular formula is C23H24ClFN4O2. The summed E-state index contributed by atoms with van der Waals surface area (Å²) in [5.74, 6) is -0.201. The smallest absolute Gasteiger partial charge is 0.338 e. The van der Waals surface area contributed by atoms with Crippen LogP contribution in [0.4, 0.5) is 4.39 Å². The van der Waals surface area contributed by atoms with E-state index in [4.69, 9.17) is 11.6 Å². The van der Waals surface area contributed by atoms with Gasteiger partial charge in [-0.2, -0.15) is 5.10 Å². The van der Waals surface area contributed by atoms with Crippen LogP contribution >= 0.6 is 11.6 Å². The summed E-state index contributed by atoms with van der Waals surface area (Å²) in [4.78, 5) is 27.3. The predicted octanol–water partition coefficient (Wildman–Crippen LogP) is 3.93. The van der Waals surface area contributed by atoms with E-state index in [0.29, 0.717) is 39.0 Å². The summed E-state index contributed by atoms with van der Waals surface area (Å²) in [5, 5.41) is 4.76. The SMILES string of the molecule is CCn1c(C2CCN(C(=O)c3c(F)cccc3Cl)CC2)nn(Cc2ccccc2)c1=O. The van der Waals surface area contributed by atoms with Crippen molar-refractivity contribution in [3.63, 3.8) is 0 Å². The van der Waals surface area contributed by atoms with Crippen molar-refractivity contribution in [3.05, 3.63) is 86.8 Å². The number of rotatable bonds is 5. The maximum atomic E-state index is 14.1. The minimum atomic E-state index is -0.612. The molecule has 162 valence electrons. The van der Waals surface area contributed by atoms with Gasteiger partial charge in [-0.25, -0.2) is 13.9 Å². The van der Waals surface area contributed by atoms with Crippen LogP contribution in [0.15, 0.2) is 53.3 Å². The highest BCUT2D eigenvalue weighted by atomic mass is 35.5. The lowest BCUT2D eigenvalue weighted by Crippen LogP contribution is -2.39. The first-order valence-corrected chi connectivity index (χ1v) is 10.8. The highest BCUT2D eigenvalue weighted by Crippen LogP contribution is 2.29. The van der Waals surface area contributed by atoms with E-state index in [1.165, 1.54) is 22.9 Å². The number of carbonyl (C=O) groups excluding carboxylic acids is 1. The number of likely N-dealkylation sites (tertiary alicyclic amines) is 1. The zero-order valence-corrected chi connectivity index (χ0v) is 18.1. The number of benzene rings is 2. The fourth-order valence-corrected chi connectivity index (χ4v) is 4.36. The predicted molar refractivity (Wildman–Crippen MR) is 117 cm³/mol. The van der Waals surface area contributed by atoms with Crippen LogP contribution in [0.1, 0.15) is 47.4 Å². The molecule has 2 aromatic carbocycles. The Hall–Kier alpha value is -2.93. The van der Waals surface area contributed by atoms with Crippen LogP contribution in [-0.2, 0) is 13.1 Å². The molecule has 0 spiro atoms. The summed E-state index contributed by atoms with van der Waals surface area (Å²) in [5.41, 5.74) is 0.803. The van der Waals surface area contributed by atoms with Gasteiger partial charge in [0, 0.05) is 25.6 Å². The molecule has 1 aliphatic heterocycles. The van der Waals surface area contributed by atoms with Gasteiger partial charge in [-0.05, 0) is 37.5 Å². The molecule has 1 saturated heterocycles. The van der Waals surface area contributed by atoms with Crippen molar-refractivity contribution in [2.45, 2.75) is 38.8 Å². The lowest BCUT2D eigenvalue weighted by Gasteiger charge is -2.31. The van der Waals surface area contributed by atoms with E-state index in [0.717, 1.165) is 11.4 Å². The van der Waals surface area contributed by atoms with E-state index < -0.39 is 11.7 Å². The van der Waals surface area contributed by atoms with Crippen molar-refractivity contribution in [3.8, 4) is 0 Å². The molecule has 1 fully saturated rings. The topological polar surface area (TPSA) is 60.1 Å². The van der Waals surface area contributed by atoms with Crippen molar-refractivity contribution in [1.82, 2.24) is 19.2 Å². The van der Waals surface area contributed by atoms with Crippen molar-refractivity contribution in [1.29, 1.82) is 0 Å². The highest BCUT2D eigenvalue weighted by Gasteiger charge is 2.30. The molecule has 4 rings (SSSR count). The molecule has 0 saturated carbocycles. The van der Waals surface area contributed by atoms with Crippen LogP contribution in [0, 0.1) is 5.82 Å². The number of amides is 1. The Balaban J connectivity index is 1.50. The van der Waals surface area contributed by atoms with E-state index in [2.05, 4.69) is 5.10 Å². The Bertz CT molecular complexity index is 1110. The highest BCUT2D eigenvalue weighted by molar-refractivity contribution is 6.33. The number of hydrogen-bond acceptors (Lipinski definition) is 3. The molecule has 1 aromatic heterocycles. The number of carbonyl (C=O) groups is 1. The molecule has 0 aliphatic carbocycles. The summed E-state index contributed by atoms with van der Waals surface area (Å²) < 4.78 is 17.4. The maximum Gasteiger partial charge on any atom is 0.346 e. The molecule has 0 bridgehead atoms. The van der Waals surface area contributed by atoms with Gasteiger partial charge in [0.05, 0.1) is 17.1 Å². The molecule has 0 N–H and O–H groups in total. The van der Waals surface area contributed by atoms with E-state index in [9.17, 15) is 14.0 Å². The third kappa shape index (κ3) is 4.28. The second kappa shape index (κ2) is 9.06. The van der Waals surface area contributed by atoms with Crippen molar-refractivity contribution in [2.75, 3.05) is 13.1 Å². The zero-order chi connectivity index (χ0) is 22.0. The zero-order valence-electron chi connectivity index (χ0n) is 17.3. The fourth-order valence-electron chi connectivity index (χ4n) is 4.12. The standard InChI is InChI=1S/C23H24ClFN4O2/c1-2-28-21(26-29(23(28)31)15-16-7-4-3-5-8-16)17-11-13-27(14-12-17)22(30)20-18(24)9-6-10-19(20)25/h3-10,17H,2,11-15H2,1H3. The molecule has 1 amide bonds. The molecule has 0 unspecified atom stereocenters. The summed E-state index contributed by atoms with van der Waals surface area (Å²) in [6.45, 7) is 3.79. The number of piperidine rings is 1. The van der Waals surface area contributed by atoms with Gasteiger partial charge < -0.3 is 4.90 Å². The Morgan fingerprint density at radius 1 is 1.13 bits per heavy atom. The van der Waals surface area contributed by atoms with Gasteiger partial charge in [-0.15, -0.1) is 0 Å². The van der Waals surface area contributed by atoms with Crippen LogP contribution in [0.2, 0.25) is 5.02 Å². The number of halogens is 2.